The van der Waals surface area contributed by atoms with E-state index in [9.17, 15) is 0 Å². The molecule has 5 heteroatoms. The summed E-state index contributed by atoms with van der Waals surface area (Å²) in [5.41, 5.74) is 9.25. The van der Waals surface area contributed by atoms with Crippen molar-refractivity contribution in [1.29, 1.82) is 0 Å². The van der Waals surface area contributed by atoms with Crippen molar-refractivity contribution >= 4 is 0 Å². The Balaban J connectivity index is 1.69. The Labute approximate surface area is 149 Å². The van der Waals surface area contributed by atoms with Crippen LogP contribution in [0.5, 0.6) is 5.75 Å². The number of ether oxygens (including phenoxy) is 2. The van der Waals surface area contributed by atoms with E-state index in [0.29, 0.717) is 0 Å². The van der Waals surface area contributed by atoms with E-state index in [1.165, 1.54) is 5.56 Å². The Morgan fingerprint density at radius 1 is 1.24 bits per heavy atom. The van der Waals surface area contributed by atoms with Crippen molar-refractivity contribution in [3.63, 3.8) is 0 Å². The molecule has 1 fully saturated rings. The molecule has 0 bridgehead atoms. The van der Waals surface area contributed by atoms with Gasteiger partial charge in [0.15, 0.2) is 0 Å². The predicted octanol–water partition coefficient (Wildman–Crippen LogP) is 2.70. The molecule has 1 aliphatic heterocycles. The number of hydrogen-bond donors (Lipinski definition) is 1. The fraction of sp³-hybridized carbons (Fsp3) is 0.450. The molecule has 2 heterocycles. The number of methoxy groups -OCH3 is 2. The summed E-state index contributed by atoms with van der Waals surface area (Å²) in [4.78, 5) is 6.80. The number of nitrogens with zero attached hydrogens (tertiary/aromatic N) is 2. The number of aromatic nitrogens is 1. The Morgan fingerprint density at radius 2 is 2.12 bits per heavy atom. The second-order valence-electron chi connectivity index (χ2n) is 6.51. The third-order valence-electron chi connectivity index (χ3n) is 4.87. The average Bonchev–Trinajstić information content (AvgIpc) is 2.67. The standard InChI is InChI=1S/C20H27N3O2/c1-24-19-13-15(6-7-17(19)18-5-3-4-10-22-18)8-11-23-12-9-16(21)14-20(23)25-2/h3-7,10,13,16,20H,8-9,11-12,14,21H2,1-2H3. The number of nitrogens with two attached hydrogens (primary N) is 1. The highest BCUT2D eigenvalue weighted by Gasteiger charge is 2.26. The zero-order chi connectivity index (χ0) is 17.6. The number of likely N-dealkylation sites (tertiary alicyclic amines) is 1. The summed E-state index contributed by atoms with van der Waals surface area (Å²) in [5.74, 6) is 0.861. The van der Waals surface area contributed by atoms with Gasteiger partial charge in [-0.2, -0.15) is 0 Å². The third kappa shape index (κ3) is 4.37. The maximum atomic E-state index is 6.05. The minimum Gasteiger partial charge on any atom is -0.496 e. The Bertz CT molecular complexity index is 678. The largest absolute Gasteiger partial charge is 0.496 e. The van der Waals surface area contributed by atoms with Gasteiger partial charge in [0, 0.05) is 44.4 Å². The molecule has 1 aromatic heterocycles. The van der Waals surface area contributed by atoms with Gasteiger partial charge in [-0.15, -0.1) is 0 Å². The van der Waals surface area contributed by atoms with Crippen molar-refractivity contribution in [3.8, 4) is 17.0 Å². The summed E-state index contributed by atoms with van der Waals surface area (Å²) < 4.78 is 11.2. The van der Waals surface area contributed by atoms with Crippen molar-refractivity contribution in [2.75, 3.05) is 27.3 Å². The lowest BCUT2D eigenvalue weighted by molar-refractivity contribution is -0.0594. The van der Waals surface area contributed by atoms with Crippen LogP contribution in [-0.2, 0) is 11.2 Å². The summed E-state index contributed by atoms with van der Waals surface area (Å²) >= 11 is 0. The van der Waals surface area contributed by atoms with Gasteiger partial charge in [-0.1, -0.05) is 12.1 Å². The summed E-state index contributed by atoms with van der Waals surface area (Å²) in [5, 5.41) is 0. The summed E-state index contributed by atoms with van der Waals surface area (Å²) in [6, 6.07) is 12.5. The van der Waals surface area contributed by atoms with Crippen LogP contribution in [0.1, 0.15) is 18.4 Å². The first-order valence-corrected chi connectivity index (χ1v) is 8.82. The summed E-state index contributed by atoms with van der Waals surface area (Å²) in [6.45, 7) is 1.94. The molecular formula is C20H27N3O2. The van der Waals surface area contributed by atoms with E-state index in [1.807, 2.05) is 18.2 Å². The van der Waals surface area contributed by atoms with Crippen molar-refractivity contribution in [1.82, 2.24) is 9.88 Å². The number of benzene rings is 1. The Morgan fingerprint density at radius 3 is 2.84 bits per heavy atom. The van der Waals surface area contributed by atoms with E-state index in [-0.39, 0.29) is 12.3 Å². The van der Waals surface area contributed by atoms with E-state index in [2.05, 4.69) is 28.1 Å². The van der Waals surface area contributed by atoms with Crippen LogP contribution >= 0.6 is 0 Å². The Kier molecular flexibility index (Phi) is 6.02. The van der Waals surface area contributed by atoms with Gasteiger partial charge in [-0.25, -0.2) is 0 Å². The predicted molar refractivity (Wildman–Crippen MR) is 99.5 cm³/mol. The number of rotatable bonds is 6. The summed E-state index contributed by atoms with van der Waals surface area (Å²) in [7, 11) is 3.47. The molecule has 0 radical (unpaired) electrons. The summed E-state index contributed by atoms with van der Waals surface area (Å²) in [6.07, 6.45) is 4.81. The fourth-order valence-electron chi connectivity index (χ4n) is 3.40. The van der Waals surface area contributed by atoms with E-state index in [1.54, 1.807) is 20.4 Å². The molecule has 5 nitrogen and oxygen atoms in total. The zero-order valence-corrected chi connectivity index (χ0v) is 15.0. The molecule has 134 valence electrons. The lowest BCUT2D eigenvalue weighted by Crippen LogP contribution is -2.48. The van der Waals surface area contributed by atoms with Gasteiger partial charge in [0.25, 0.3) is 0 Å². The van der Waals surface area contributed by atoms with Crippen LogP contribution in [0.4, 0.5) is 0 Å². The normalized spacial score (nSPS) is 21.2. The minimum atomic E-state index is 0.124. The van der Waals surface area contributed by atoms with Crippen LogP contribution in [0.15, 0.2) is 42.6 Å². The molecule has 0 amide bonds. The minimum absolute atomic E-state index is 0.124. The molecule has 2 unspecified atom stereocenters. The highest BCUT2D eigenvalue weighted by atomic mass is 16.5. The second kappa shape index (κ2) is 8.43. The topological polar surface area (TPSA) is 60.6 Å². The molecule has 1 aromatic carbocycles. The fourth-order valence-corrected chi connectivity index (χ4v) is 3.40. The molecule has 3 rings (SSSR count). The van der Waals surface area contributed by atoms with Gasteiger partial charge in [-0.3, -0.25) is 9.88 Å². The number of pyridine rings is 1. The Hall–Kier alpha value is -1.95. The second-order valence-corrected chi connectivity index (χ2v) is 6.51. The van der Waals surface area contributed by atoms with E-state index < -0.39 is 0 Å². The first kappa shape index (κ1) is 17.9. The molecule has 0 saturated carbocycles. The molecule has 2 N–H and O–H groups in total. The molecule has 2 atom stereocenters. The van der Waals surface area contributed by atoms with Gasteiger partial charge < -0.3 is 15.2 Å². The van der Waals surface area contributed by atoms with E-state index in [4.69, 9.17) is 15.2 Å². The maximum Gasteiger partial charge on any atom is 0.128 e. The third-order valence-corrected chi connectivity index (χ3v) is 4.87. The van der Waals surface area contributed by atoms with Crippen molar-refractivity contribution in [2.45, 2.75) is 31.5 Å². The monoisotopic (exact) mass is 341 g/mol. The number of piperidine rings is 1. The quantitative estimate of drug-likeness (QED) is 0.875. The van der Waals surface area contributed by atoms with Gasteiger partial charge in [0.2, 0.25) is 0 Å². The van der Waals surface area contributed by atoms with Crippen molar-refractivity contribution in [3.05, 3.63) is 48.2 Å². The molecule has 2 aromatic rings. The molecular weight excluding hydrogens is 314 g/mol. The lowest BCUT2D eigenvalue weighted by atomic mass is 10.0. The smallest absolute Gasteiger partial charge is 0.128 e. The van der Waals surface area contributed by atoms with Gasteiger partial charge in [-0.05, 0) is 42.7 Å². The van der Waals surface area contributed by atoms with Crippen LogP contribution in [-0.4, -0.2) is 49.5 Å². The molecule has 1 saturated heterocycles. The van der Waals surface area contributed by atoms with Crippen LogP contribution in [0, 0.1) is 0 Å². The van der Waals surface area contributed by atoms with E-state index >= 15 is 0 Å². The number of hydrogen-bond acceptors (Lipinski definition) is 5. The van der Waals surface area contributed by atoms with E-state index in [0.717, 1.165) is 49.4 Å². The molecule has 0 spiro atoms. The first-order chi connectivity index (χ1) is 12.2. The van der Waals surface area contributed by atoms with Crippen molar-refractivity contribution < 1.29 is 9.47 Å². The molecule has 0 aliphatic carbocycles. The van der Waals surface area contributed by atoms with Gasteiger partial charge >= 0.3 is 0 Å². The maximum absolute atomic E-state index is 6.05. The molecule has 25 heavy (non-hydrogen) atoms. The first-order valence-electron chi connectivity index (χ1n) is 8.82. The highest BCUT2D eigenvalue weighted by molar-refractivity contribution is 5.67. The zero-order valence-electron chi connectivity index (χ0n) is 15.0. The highest BCUT2D eigenvalue weighted by Crippen LogP contribution is 2.29. The van der Waals surface area contributed by atoms with Crippen LogP contribution in [0.25, 0.3) is 11.3 Å². The van der Waals surface area contributed by atoms with Crippen LogP contribution in [0.2, 0.25) is 0 Å². The van der Waals surface area contributed by atoms with Gasteiger partial charge in [0.05, 0.1) is 12.8 Å². The van der Waals surface area contributed by atoms with Gasteiger partial charge in [0.1, 0.15) is 12.0 Å². The SMILES string of the molecule is COc1cc(CCN2CCC(N)CC2OC)ccc1-c1ccccn1. The van der Waals surface area contributed by atoms with Crippen LogP contribution < -0.4 is 10.5 Å². The van der Waals surface area contributed by atoms with Crippen LogP contribution in [0.3, 0.4) is 0 Å². The average molecular weight is 341 g/mol. The molecule has 1 aliphatic rings. The lowest BCUT2D eigenvalue weighted by Gasteiger charge is -2.37. The van der Waals surface area contributed by atoms with Crippen molar-refractivity contribution in [2.24, 2.45) is 5.73 Å².